The average molecular weight is 253 g/mol. The normalized spacial score (nSPS) is 13.3. The first kappa shape index (κ1) is 16.4. The van der Waals surface area contributed by atoms with E-state index in [1.165, 1.54) is 0 Å². The van der Waals surface area contributed by atoms with Crippen molar-refractivity contribution in [1.29, 1.82) is 5.26 Å². The van der Waals surface area contributed by atoms with Gasteiger partial charge in [0.25, 0.3) is 0 Å². The van der Waals surface area contributed by atoms with Crippen molar-refractivity contribution in [2.45, 2.75) is 46.6 Å². The molecule has 0 heterocycles. The molecule has 0 fully saturated rings. The maximum atomic E-state index is 11.9. The Labute approximate surface area is 109 Å². The Hall–Kier alpha value is -1.57. The quantitative estimate of drug-likeness (QED) is 0.743. The molecular weight excluding hydrogens is 230 g/mol. The fraction of sp³-hybridized carbons (Fsp3) is 0.769. The third kappa shape index (κ3) is 4.74. The average Bonchev–Trinajstić information content (AvgIpc) is 2.36. The van der Waals surface area contributed by atoms with Gasteiger partial charge in [0.2, 0.25) is 11.8 Å². The van der Waals surface area contributed by atoms with E-state index in [1.807, 2.05) is 26.8 Å². The molecule has 0 spiro atoms. The molecule has 0 aliphatic rings. The number of amides is 2. The van der Waals surface area contributed by atoms with Crippen molar-refractivity contribution < 1.29 is 9.59 Å². The van der Waals surface area contributed by atoms with Gasteiger partial charge < -0.3 is 10.2 Å². The zero-order valence-corrected chi connectivity index (χ0v) is 11.7. The Balaban J connectivity index is 4.47. The van der Waals surface area contributed by atoms with Gasteiger partial charge in [-0.2, -0.15) is 5.26 Å². The summed E-state index contributed by atoms with van der Waals surface area (Å²) in [5, 5.41) is 11.5. The number of nitriles is 1. The van der Waals surface area contributed by atoms with Crippen LogP contribution in [0.4, 0.5) is 0 Å². The fourth-order valence-electron chi connectivity index (χ4n) is 1.73. The van der Waals surface area contributed by atoms with Crippen LogP contribution in [0.1, 0.15) is 40.5 Å². The van der Waals surface area contributed by atoms with Crippen molar-refractivity contribution in [2.75, 3.05) is 13.1 Å². The lowest BCUT2D eigenvalue weighted by molar-refractivity contribution is -0.136. The van der Waals surface area contributed by atoms with Gasteiger partial charge in [0.1, 0.15) is 12.0 Å². The summed E-state index contributed by atoms with van der Waals surface area (Å²) in [6.45, 7) is 8.59. The first-order valence-electron chi connectivity index (χ1n) is 6.50. The second-order valence-corrected chi connectivity index (χ2v) is 4.21. The smallest absolute Gasteiger partial charge is 0.244 e. The Morgan fingerprint density at radius 1 is 1.28 bits per heavy atom. The van der Waals surface area contributed by atoms with Crippen LogP contribution in [-0.4, -0.2) is 35.8 Å². The monoisotopic (exact) mass is 253 g/mol. The van der Waals surface area contributed by atoms with Gasteiger partial charge in [0.05, 0.1) is 6.07 Å². The van der Waals surface area contributed by atoms with Crippen molar-refractivity contribution in [1.82, 2.24) is 10.2 Å². The molecule has 18 heavy (non-hydrogen) atoms. The summed E-state index contributed by atoms with van der Waals surface area (Å²) < 4.78 is 0. The maximum absolute atomic E-state index is 11.9. The Bertz CT molecular complexity index is 319. The Kier molecular flexibility index (Phi) is 7.77. The van der Waals surface area contributed by atoms with E-state index in [0.717, 1.165) is 6.42 Å². The number of hydrogen-bond donors (Lipinski definition) is 1. The summed E-state index contributed by atoms with van der Waals surface area (Å²) >= 11 is 0. The molecule has 0 radical (unpaired) electrons. The Morgan fingerprint density at radius 2 is 1.83 bits per heavy atom. The first-order chi connectivity index (χ1) is 8.51. The summed E-state index contributed by atoms with van der Waals surface area (Å²) in [4.78, 5) is 25.4. The molecule has 1 N–H and O–H groups in total. The molecule has 5 heteroatoms. The fourth-order valence-corrected chi connectivity index (χ4v) is 1.73. The lowest BCUT2D eigenvalue weighted by Crippen LogP contribution is -2.48. The highest BCUT2D eigenvalue weighted by Gasteiger charge is 2.23. The van der Waals surface area contributed by atoms with E-state index in [-0.39, 0.29) is 11.8 Å². The zero-order chi connectivity index (χ0) is 14.1. The number of hydrogen-bond acceptors (Lipinski definition) is 3. The lowest BCUT2D eigenvalue weighted by Gasteiger charge is -2.24. The van der Waals surface area contributed by atoms with Crippen LogP contribution >= 0.6 is 0 Å². The standard InChI is InChI=1S/C13H23N3O2/c1-5-8-11(9-14)12(17)15-10(4)13(18)16(6-2)7-3/h10-11H,5-8H2,1-4H3,(H,15,17). The summed E-state index contributed by atoms with van der Waals surface area (Å²) in [7, 11) is 0. The molecule has 5 nitrogen and oxygen atoms in total. The molecule has 0 aromatic carbocycles. The van der Waals surface area contributed by atoms with Crippen LogP contribution in [-0.2, 0) is 9.59 Å². The first-order valence-corrected chi connectivity index (χ1v) is 6.50. The van der Waals surface area contributed by atoms with Crippen molar-refractivity contribution in [3.05, 3.63) is 0 Å². The van der Waals surface area contributed by atoms with E-state index in [9.17, 15) is 9.59 Å². The number of nitrogens with one attached hydrogen (secondary N) is 1. The Morgan fingerprint density at radius 3 is 2.22 bits per heavy atom. The van der Waals surface area contributed by atoms with Crippen LogP contribution in [0.5, 0.6) is 0 Å². The molecule has 0 aliphatic heterocycles. The van der Waals surface area contributed by atoms with Gasteiger partial charge >= 0.3 is 0 Å². The topological polar surface area (TPSA) is 73.2 Å². The molecule has 102 valence electrons. The second kappa shape index (κ2) is 8.51. The van der Waals surface area contributed by atoms with Crippen LogP contribution in [0.3, 0.4) is 0 Å². The third-order valence-corrected chi connectivity index (χ3v) is 2.85. The summed E-state index contributed by atoms with van der Waals surface area (Å²) in [5.74, 6) is -1.13. The third-order valence-electron chi connectivity index (χ3n) is 2.85. The van der Waals surface area contributed by atoms with Crippen molar-refractivity contribution in [2.24, 2.45) is 5.92 Å². The molecule has 2 amide bonds. The van der Waals surface area contributed by atoms with Gasteiger partial charge in [-0.1, -0.05) is 13.3 Å². The van der Waals surface area contributed by atoms with Gasteiger partial charge in [-0.3, -0.25) is 9.59 Å². The number of carbonyl (C=O) groups excluding carboxylic acids is 2. The predicted molar refractivity (Wildman–Crippen MR) is 69.5 cm³/mol. The van der Waals surface area contributed by atoms with Crippen LogP contribution < -0.4 is 5.32 Å². The minimum absolute atomic E-state index is 0.110. The molecule has 0 saturated carbocycles. The second-order valence-electron chi connectivity index (χ2n) is 4.21. The minimum atomic E-state index is -0.665. The maximum Gasteiger partial charge on any atom is 0.244 e. The van der Waals surface area contributed by atoms with Gasteiger partial charge in [0, 0.05) is 13.1 Å². The van der Waals surface area contributed by atoms with Crippen molar-refractivity contribution in [3.63, 3.8) is 0 Å². The molecule has 0 rings (SSSR count). The highest BCUT2D eigenvalue weighted by Crippen LogP contribution is 2.06. The van der Waals surface area contributed by atoms with Crippen LogP contribution in [0.2, 0.25) is 0 Å². The zero-order valence-electron chi connectivity index (χ0n) is 11.7. The predicted octanol–water partition coefficient (Wildman–Crippen LogP) is 1.30. The van der Waals surface area contributed by atoms with Gasteiger partial charge in [-0.15, -0.1) is 0 Å². The number of rotatable bonds is 7. The van der Waals surface area contributed by atoms with E-state index in [0.29, 0.717) is 19.5 Å². The molecule has 0 bridgehead atoms. The lowest BCUT2D eigenvalue weighted by atomic mass is 10.0. The van der Waals surface area contributed by atoms with E-state index in [4.69, 9.17) is 5.26 Å². The van der Waals surface area contributed by atoms with Gasteiger partial charge in [-0.05, 0) is 27.2 Å². The van der Waals surface area contributed by atoms with Crippen LogP contribution in [0.15, 0.2) is 0 Å². The summed E-state index contributed by atoms with van der Waals surface area (Å²) in [5.41, 5.74) is 0. The molecule has 0 aromatic rings. The molecular formula is C13H23N3O2. The number of nitrogens with zero attached hydrogens (tertiary/aromatic N) is 2. The molecule has 0 aliphatic carbocycles. The van der Waals surface area contributed by atoms with Crippen LogP contribution in [0.25, 0.3) is 0 Å². The van der Waals surface area contributed by atoms with E-state index in [1.54, 1.807) is 11.8 Å². The van der Waals surface area contributed by atoms with E-state index < -0.39 is 12.0 Å². The molecule has 2 unspecified atom stereocenters. The SMILES string of the molecule is CCCC(C#N)C(=O)NC(C)C(=O)N(CC)CC. The van der Waals surface area contributed by atoms with Crippen LogP contribution in [0, 0.1) is 17.2 Å². The minimum Gasteiger partial charge on any atom is -0.343 e. The molecule has 0 aromatic heterocycles. The molecule has 2 atom stereocenters. The largest absolute Gasteiger partial charge is 0.343 e. The molecule has 0 saturated heterocycles. The summed E-state index contributed by atoms with van der Waals surface area (Å²) in [6, 6.07) is 1.39. The van der Waals surface area contributed by atoms with E-state index in [2.05, 4.69) is 5.32 Å². The number of likely N-dealkylation sites (N-methyl/N-ethyl adjacent to an activating group) is 1. The highest BCUT2D eigenvalue weighted by molar-refractivity contribution is 5.89. The summed E-state index contributed by atoms with van der Waals surface area (Å²) in [6.07, 6.45) is 1.29. The number of carbonyl (C=O) groups is 2. The van der Waals surface area contributed by atoms with Crippen molar-refractivity contribution >= 4 is 11.8 Å². The van der Waals surface area contributed by atoms with E-state index >= 15 is 0 Å². The van der Waals surface area contributed by atoms with Gasteiger partial charge in [-0.25, -0.2) is 0 Å². The highest BCUT2D eigenvalue weighted by atomic mass is 16.2. The van der Waals surface area contributed by atoms with Crippen molar-refractivity contribution in [3.8, 4) is 6.07 Å². The van der Waals surface area contributed by atoms with Gasteiger partial charge in [0.15, 0.2) is 0 Å².